The van der Waals surface area contributed by atoms with Crippen LogP contribution in [0.2, 0.25) is 0 Å². The van der Waals surface area contributed by atoms with Crippen molar-refractivity contribution in [3.63, 3.8) is 0 Å². The predicted octanol–water partition coefficient (Wildman–Crippen LogP) is 1.20. The molecule has 1 fully saturated rings. The van der Waals surface area contributed by atoms with E-state index in [4.69, 9.17) is 26.7 Å². The average molecular weight is 450 g/mol. The van der Waals surface area contributed by atoms with Crippen LogP contribution >= 0.6 is 0 Å². The Labute approximate surface area is 190 Å². The summed E-state index contributed by atoms with van der Waals surface area (Å²) in [4.78, 5) is 24.6. The second-order valence-corrected chi connectivity index (χ2v) is 7.87. The zero-order valence-electron chi connectivity index (χ0n) is 18.2. The first-order valence-corrected chi connectivity index (χ1v) is 10.4. The van der Waals surface area contributed by atoms with E-state index in [0.29, 0.717) is 42.1 Å². The van der Waals surface area contributed by atoms with Crippen molar-refractivity contribution in [2.24, 2.45) is 11.5 Å². The summed E-state index contributed by atoms with van der Waals surface area (Å²) >= 11 is 0. The van der Waals surface area contributed by atoms with Crippen molar-refractivity contribution in [2.75, 3.05) is 26.1 Å². The first-order chi connectivity index (χ1) is 15.8. The second-order valence-electron chi connectivity index (χ2n) is 7.87. The summed E-state index contributed by atoms with van der Waals surface area (Å²) in [5.74, 6) is -0.322. The van der Waals surface area contributed by atoms with Gasteiger partial charge in [0.15, 0.2) is 0 Å². The Bertz CT molecular complexity index is 1180. The molecule has 2 amide bonds. The van der Waals surface area contributed by atoms with Gasteiger partial charge in [-0.05, 0) is 17.7 Å². The lowest BCUT2D eigenvalue weighted by Gasteiger charge is -2.23. The minimum Gasteiger partial charge on any atom is -0.496 e. The van der Waals surface area contributed by atoms with Crippen molar-refractivity contribution in [2.45, 2.75) is 18.6 Å². The number of aromatic nitrogens is 2. The molecule has 2 aromatic carbocycles. The van der Waals surface area contributed by atoms with Crippen LogP contribution in [0, 0.1) is 0 Å². The van der Waals surface area contributed by atoms with Gasteiger partial charge in [-0.1, -0.05) is 36.4 Å². The molecule has 1 aliphatic heterocycles. The zero-order valence-corrected chi connectivity index (χ0v) is 18.2. The minimum atomic E-state index is -0.935. The molecule has 1 atom stereocenters. The third-order valence-corrected chi connectivity index (χ3v) is 5.65. The van der Waals surface area contributed by atoms with Crippen LogP contribution in [0.4, 0.5) is 5.82 Å². The number of nitrogens with two attached hydrogens (primary N) is 3. The molecule has 3 aromatic rings. The Hall–Kier alpha value is -3.89. The van der Waals surface area contributed by atoms with Gasteiger partial charge < -0.3 is 32.0 Å². The molecule has 0 unspecified atom stereocenters. The number of benzene rings is 2. The van der Waals surface area contributed by atoms with Gasteiger partial charge in [-0.15, -0.1) is 0 Å². The van der Waals surface area contributed by atoms with Crippen molar-refractivity contribution in [1.82, 2.24) is 15.1 Å². The fourth-order valence-corrected chi connectivity index (χ4v) is 3.84. The molecule has 2 heterocycles. The van der Waals surface area contributed by atoms with E-state index in [9.17, 15) is 9.59 Å². The molecule has 172 valence electrons. The topological polar surface area (TPSA) is 161 Å². The average Bonchev–Trinajstić information content (AvgIpc) is 3.42. The summed E-state index contributed by atoms with van der Waals surface area (Å²) in [6, 6.07) is 14.2. The van der Waals surface area contributed by atoms with Crippen LogP contribution in [0.3, 0.4) is 0 Å². The number of nitrogen functional groups attached to an aromatic ring is 1. The molecule has 0 aliphatic carbocycles. The number of carbonyl (C=O) groups is 2. The van der Waals surface area contributed by atoms with Crippen LogP contribution in [0.5, 0.6) is 5.75 Å². The number of carbonyl (C=O) groups excluding carboxylic acids is 2. The van der Waals surface area contributed by atoms with E-state index in [2.05, 4.69) is 10.4 Å². The lowest BCUT2D eigenvalue weighted by atomic mass is 10.0. The highest BCUT2D eigenvalue weighted by Crippen LogP contribution is 2.32. The lowest BCUT2D eigenvalue weighted by Crippen LogP contribution is -2.45. The summed E-state index contributed by atoms with van der Waals surface area (Å²) in [5, 5.41) is 7.39. The molecule has 1 aromatic heterocycles. The molecule has 7 N–H and O–H groups in total. The summed E-state index contributed by atoms with van der Waals surface area (Å²) in [7, 11) is 1.52. The van der Waals surface area contributed by atoms with E-state index in [1.165, 1.54) is 11.8 Å². The maximum atomic E-state index is 12.5. The molecule has 10 heteroatoms. The normalized spacial score (nSPS) is 17.6. The number of methoxy groups -OCH3 is 1. The minimum absolute atomic E-state index is 0.110. The molecule has 1 aliphatic rings. The van der Waals surface area contributed by atoms with Gasteiger partial charge in [-0.3, -0.25) is 9.59 Å². The molecule has 0 radical (unpaired) electrons. The number of ether oxygens (including phenoxy) is 2. The van der Waals surface area contributed by atoms with Crippen molar-refractivity contribution in [3.8, 4) is 17.0 Å². The van der Waals surface area contributed by atoms with Gasteiger partial charge in [-0.25, -0.2) is 4.68 Å². The largest absolute Gasteiger partial charge is 0.496 e. The maximum absolute atomic E-state index is 12.5. The molecule has 0 saturated carbocycles. The standard InChI is InChI=1S/C23H26N6O4/c1-32-17-5-3-2-4-16(17)22(31)27-12-14-6-8-15(9-7-14)19-18(21(25)30)20(24)29(28-19)23(26)10-11-33-13-23/h2-9H,10-13,24,26H2,1H3,(H2,25,30)(H,27,31)/t23-/m0/s1. The monoisotopic (exact) mass is 450 g/mol. The van der Waals surface area contributed by atoms with E-state index >= 15 is 0 Å². The van der Waals surface area contributed by atoms with Crippen LogP contribution in [0.25, 0.3) is 11.3 Å². The SMILES string of the molecule is COc1ccccc1C(=O)NCc1ccc(-c2nn([C@@]3(N)CCOC3)c(N)c2C(N)=O)cc1. The number of primary amides is 1. The van der Waals surface area contributed by atoms with Crippen LogP contribution in [-0.2, 0) is 16.9 Å². The Morgan fingerprint density at radius 1 is 1.21 bits per heavy atom. The number of hydrogen-bond acceptors (Lipinski definition) is 7. The number of nitrogens with zero attached hydrogens (tertiary/aromatic N) is 2. The summed E-state index contributed by atoms with van der Waals surface area (Å²) in [5.41, 5.74) is 19.7. The fourth-order valence-electron chi connectivity index (χ4n) is 3.84. The predicted molar refractivity (Wildman–Crippen MR) is 122 cm³/mol. The number of rotatable bonds is 7. The highest BCUT2D eigenvalue weighted by molar-refractivity contribution is 6.03. The van der Waals surface area contributed by atoms with Crippen molar-refractivity contribution < 1.29 is 19.1 Å². The molecule has 0 spiro atoms. The van der Waals surface area contributed by atoms with Crippen molar-refractivity contribution in [1.29, 1.82) is 0 Å². The van der Waals surface area contributed by atoms with Crippen molar-refractivity contribution >= 4 is 17.6 Å². The van der Waals surface area contributed by atoms with Gasteiger partial charge in [0.1, 0.15) is 28.5 Å². The quantitative estimate of drug-likeness (QED) is 0.420. The number of anilines is 1. The first-order valence-electron chi connectivity index (χ1n) is 10.4. The van der Waals surface area contributed by atoms with Gasteiger partial charge in [0.2, 0.25) is 0 Å². The van der Waals surface area contributed by atoms with Gasteiger partial charge in [0.25, 0.3) is 11.8 Å². The van der Waals surface area contributed by atoms with E-state index in [-0.39, 0.29) is 23.9 Å². The highest BCUT2D eigenvalue weighted by atomic mass is 16.5. The number of hydrogen-bond donors (Lipinski definition) is 4. The third kappa shape index (κ3) is 4.26. The fraction of sp³-hybridized carbons (Fsp3) is 0.261. The Morgan fingerprint density at radius 3 is 2.58 bits per heavy atom. The van der Waals surface area contributed by atoms with E-state index in [1.807, 2.05) is 12.1 Å². The van der Waals surface area contributed by atoms with Gasteiger partial charge >= 0.3 is 0 Å². The van der Waals surface area contributed by atoms with Crippen molar-refractivity contribution in [3.05, 3.63) is 65.2 Å². The molecule has 1 saturated heterocycles. The maximum Gasteiger partial charge on any atom is 0.255 e. The molecule has 0 bridgehead atoms. The van der Waals surface area contributed by atoms with Gasteiger partial charge in [-0.2, -0.15) is 5.10 Å². The summed E-state index contributed by atoms with van der Waals surface area (Å²) < 4.78 is 12.1. The number of para-hydroxylation sites is 1. The molecule has 33 heavy (non-hydrogen) atoms. The van der Waals surface area contributed by atoms with Crippen LogP contribution in [0.15, 0.2) is 48.5 Å². The Morgan fingerprint density at radius 2 is 1.94 bits per heavy atom. The summed E-state index contributed by atoms with van der Waals surface area (Å²) in [6.07, 6.45) is 0.515. The van der Waals surface area contributed by atoms with Crippen LogP contribution in [0.1, 0.15) is 32.7 Å². The third-order valence-electron chi connectivity index (χ3n) is 5.65. The van der Waals surface area contributed by atoms with E-state index in [0.717, 1.165) is 5.56 Å². The van der Waals surface area contributed by atoms with Crippen LogP contribution in [-0.4, -0.2) is 41.9 Å². The Kier molecular flexibility index (Phi) is 6.03. The Balaban J connectivity index is 1.55. The first kappa shape index (κ1) is 22.3. The lowest BCUT2D eigenvalue weighted by molar-refractivity contribution is 0.0946. The molecular formula is C23H26N6O4. The smallest absolute Gasteiger partial charge is 0.255 e. The second kappa shape index (κ2) is 8.93. The molecule has 4 rings (SSSR count). The number of amides is 2. The number of nitrogens with one attached hydrogen (secondary N) is 1. The van der Waals surface area contributed by atoms with Gasteiger partial charge in [0.05, 0.1) is 25.9 Å². The molecular weight excluding hydrogens is 424 g/mol. The van der Waals surface area contributed by atoms with E-state index in [1.54, 1.807) is 36.4 Å². The van der Waals surface area contributed by atoms with E-state index < -0.39 is 11.6 Å². The highest BCUT2D eigenvalue weighted by Gasteiger charge is 2.37. The molecule has 10 nitrogen and oxygen atoms in total. The van der Waals surface area contributed by atoms with Gasteiger partial charge in [0, 0.05) is 18.5 Å². The zero-order chi connectivity index (χ0) is 23.6. The summed E-state index contributed by atoms with van der Waals surface area (Å²) in [6.45, 7) is 1.02. The van der Waals surface area contributed by atoms with Crippen LogP contribution < -0.4 is 27.3 Å².